The first-order chi connectivity index (χ1) is 14.0. The topological polar surface area (TPSA) is 99.5 Å². The number of nitrogens with zero attached hydrogens (tertiary/aromatic N) is 2. The summed E-state index contributed by atoms with van der Waals surface area (Å²) >= 11 is 0. The number of esters is 1. The van der Waals surface area contributed by atoms with E-state index in [0.29, 0.717) is 12.8 Å². The molecule has 1 aromatic rings. The van der Waals surface area contributed by atoms with E-state index in [-0.39, 0.29) is 18.9 Å². The number of nitriles is 1. The van der Waals surface area contributed by atoms with Gasteiger partial charge >= 0.3 is 5.97 Å². The van der Waals surface area contributed by atoms with Crippen LogP contribution in [0.25, 0.3) is 0 Å². The molecule has 154 valence electrons. The van der Waals surface area contributed by atoms with Gasteiger partial charge < -0.3 is 15.0 Å². The van der Waals surface area contributed by atoms with Gasteiger partial charge in [0.2, 0.25) is 5.91 Å². The second kappa shape index (κ2) is 9.08. The van der Waals surface area contributed by atoms with Gasteiger partial charge in [-0.05, 0) is 37.0 Å². The van der Waals surface area contributed by atoms with E-state index >= 15 is 0 Å². The van der Waals surface area contributed by atoms with Crippen LogP contribution in [0, 0.1) is 17.2 Å². The van der Waals surface area contributed by atoms with Crippen LogP contribution in [0.4, 0.5) is 5.69 Å². The summed E-state index contributed by atoms with van der Waals surface area (Å²) < 4.78 is 5.15. The molecule has 0 radical (unpaired) electrons. The quantitative estimate of drug-likeness (QED) is 0.744. The highest BCUT2D eigenvalue weighted by Gasteiger charge is 2.37. The summed E-state index contributed by atoms with van der Waals surface area (Å²) in [6, 6.07) is 9.90. The van der Waals surface area contributed by atoms with Crippen LogP contribution in [0.1, 0.15) is 51.0 Å². The van der Waals surface area contributed by atoms with Crippen LogP contribution >= 0.6 is 0 Å². The molecule has 7 heteroatoms. The first kappa shape index (κ1) is 20.8. The Balaban J connectivity index is 1.51. The number of ether oxygens (including phenoxy) is 1. The molecule has 2 fully saturated rings. The highest BCUT2D eigenvalue weighted by Crippen LogP contribution is 2.28. The van der Waals surface area contributed by atoms with Crippen molar-refractivity contribution < 1.29 is 19.1 Å². The molecule has 29 heavy (non-hydrogen) atoms. The Morgan fingerprint density at radius 3 is 2.55 bits per heavy atom. The van der Waals surface area contributed by atoms with Crippen molar-refractivity contribution in [2.24, 2.45) is 5.92 Å². The number of carbonyl (C=O) groups is 3. The third-order valence-electron chi connectivity index (χ3n) is 5.76. The largest absolute Gasteiger partial charge is 0.455 e. The zero-order valence-electron chi connectivity index (χ0n) is 16.8. The average molecular weight is 397 g/mol. The second-order valence-corrected chi connectivity index (χ2v) is 7.84. The van der Waals surface area contributed by atoms with Crippen molar-refractivity contribution in [2.45, 2.75) is 57.4 Å². The molecule has 1 atom stereocenters. The number of hydrogen-bond donors (Lipinski definition) is 1. The molecule has 7 nitrogen and oxygen atoms in total. The van der Waals surface area contributed by atoms with Crippen molar-refractivity contribution in [2.75, 3.05) is 18.1 Å². The van der Waals surface area contributed by atoms with Crippen molar-refractivity contribution in [3.05, 3.63) is 29.8 Å². The molecule has 0 spiro atoms. The smallest absolute Gasteiger partial charge is 0.311 e. The van der Waals surface area contributed by atoms with Crippen LogP contribution in [0.2, 0.25) is 0 Å². The zero-order valence-corrected chi connectivity index (χ0v) is 16.8. The predicted molar refractivity (Wildman–Crippen MR) is 107 cm³/mol. The minimum absolute atomic E-state index is 0.0676. The van der Waals surface area contributed by atoms with E-state index in [0.717, 1.165) is 31.4 Å². The molecule has 1 aliphatic carbocycles. The number of hydrogen-bond acceptors (Lipinski definition) is 5. The lowest BCUT2D eigenvalue weighted by atomic mass is 9.83. The average Bonchev–Trinajstić information content (AvgIpc) is 3.14. The summed E-state index contributed by atoms with van der Waals surface area (Å²) in [5.41, 5.74) is 1.08. The Kier molecular flexibility index (Phi) is 6.53. The third kappa shape index (κ3) is 4.94. The molecule has 1 saturated heterocycles. The summed E-state index contributed by atoms with van der Waals surface area (Å²) in [5.74, 6) is -1.76. The van der Waals surface area contributed by atoms with Gasteiger partial charge in [-0.1, -0.05) is 38.3 Å². The van der Waals surface area contributed by atoms with Gasteiger partial charge in [0.25, 0.3) is 5.91 Å². The van der Waals surface area contributed by atoms with Crippen LogP contribution in [-0.2, 0) is 25.5 Å². The molecule has 3 rings (SSSR count). The van der Waals surface area contributed by atoms with E-state index in [9.17, 15) is 19.6 Å². The van der Waals surface area contributed by atoms with Crippen LogP contribution < -0.4 is 10.2 Å². The highest BCUT2D eigenvalue weighted by atomic mass is 16.5. The van der Waals surface area contributed by atoms with E-state index in [4.69, 9.17) is 4.74 Å². The van der Waals surface area contributed by atoms with Gasteiger partial charge in [-0.25, -0.2) is 0 Å². The standard InChI is InChI=1S/C22H27N3O4/c1-2-16-6-8-18(9-7-16)25-13-17(12-20(25)27)21(28)29-14-19(26)24-22(15-23)10-4-3-5-11-22/h6-9,17H,2-5,10-14H2,1H3,(H,24,26)/t17-/m1/s1. The van der Waals surface area contributed by atoms with Crippen molar-refractivity contribution in [3.63, 3.8) is 0 Å². The summed E-state index contributed by atoms with van der Waals surface area (Å²) in [4.78, 5) is 38.5. The summed E-state index contributed by atoms with van der Waals surface area (Å²) in [6.07, 6.45) is 5.07. The molecule has 1 aromatic carbocycles. The van der Waals surface area contributed by atoms with Crippen molar-refractivity contribution in [3.8, 4) is 6.07 Å². The monoisotopic (exact) mass is 397 g/mol. The molecule has 1 N–H and O–H groups in total. The van der Waals surface area contributed by atoms with Crippen LogP contribution in [0.5, 0.6) is 0 Å². The molecule has 0 unspecified atom stereocenters. The van der Waals surface area contributed by atoms with E-state index in [1.165, 1.54) is 5.56 Å². The number of carbonyl (C=O) groups excluding carboxylic acids is 3. The lowest BCUT2D eigenvalue weighted by Crippen LogP contribution is -2.50. The number of amides is 2. The minimum Gasteiger partial charge on any atom is -0.455 e. The summed E-state index contributed by atoms with van der Waals surface area (Å²) in [7, 11) is 0. The van der Waals surface area contributed by atoms with E-state index in [1.54, 1.807) is 4.90 Å². The molecule has 0 aromatic heterocycles. The van der Waals surface area contributed by atoms with Crippen molar-refractivity contribution >= 4 is 23.5 Å². The number of anilines is 1. The number of benzene rings is 1. The lowest BCUT2D eigenvalue weighted by molar-refractivity contribution is -0.152. The maximum atomic E-state index is 12.4. The fourth-order valence-electron chi connectivity index (χ4n) is 4.00. The van der Waals surface area contributed by atoms with Crippen LogP contribution in [-0.4, -0.2) is 36.5 Å². The van der Waals surface area contributed by atoms with Gasteiger partial charge in [0, 0.05) is 18.7 Å². The fourth-order valence-corrected chi connectivity index (χ4v) is 4.00. The highest BCUT2D eigenvalue weighted by molar-refractivity contribution is 5.99. The Labute approximate surface area is 171 Å². The van der Waals surface area contributed by atoms with Crippen LogP contribution in [0.3, 0.4) is 0 Å². The Bertz CT molecular complexity index is 806. The van der Waals surface area contributed by atoms with Gasteiger partial charge in [0.05, 0.1) is 12.0 Å². The SMILES string of the molecule is CCc1ccc(N2C[C@H](C(=O)OCC(=O)NC3(C#N)CCCCC3)CC2=O)cc1. The minimum atomic E-state index is -0.855. The van der Waals surface area contributed by atoms with Crippen LogP contribution in [0.15, 0.2) is 24.3 Å². The maximum Gasteiger partial charge on any atom is 0.311 e. The van der Waals surface area contributed by atoms with Crippen molar-refractivity contribution in [1.29, 1.82) is 5.26 Å². The first-order valence-corrected chi connectivity index (χ1v) is 10.2. The number of nitrogens with one attached hydrogen (secondary N) is 1. The third-order valence-corrected chi connectivity index (χ3v) is 5.76. The molecule has 2 aliphatic rings. The first-order valence-electron chi connectivity index (χ1n) is 10.2. The van der Waals surface area contributed by atoms with Gasteiger partial charge in [-0.15, -0.1) is 0 Å². The Morgan fingerprint density at radius 1 is 1.24 bits per heavy atom. The van der Waals surface area contributed by atoms with E-state index < -0.39 is 29.9 Å². The van der Waals surface area contributed by atoms with E-state index in [2.05, 4.69) is 18.3 Å². The molecule has 1 saturated carbocycles. The lowest BCUT2D eigenvalue weighted by Gasteiger charge is -2.31. The maximum absolute atomic E-state index is 12.4. The van der Waals surface area contributed by atoms with Gasteiger partial charge in [-0.3, -0.25) is 14.4 Å². The molecule has 0 bridgehead atoms. The Morgan fingerprint density at radius 2 is 1.93 bits per heavy atom. The summed E-state index contributed by atoms with van der Waals surface area (Å²) in [5, 5.41) is 12.2. The molecular formula is C22H27N3O4. The molecular weight excluding hydrogens is 370 g/mol. The number of aryl methyl sites for hydroxylation is 1. The van der Waals surface area contributed by atoms with Crippen molar-refractivity contribution in [1.82, 2.24) is 5.32 Å². The Hall–Kier alpha value is -2.88. The van der Waals surface area contributed by atoms with Gasteiger partial charge in [0.15, 0.2) is 6.61 Å². The second-order valence-electron chi connectivity index (χ2n) is 7.84. The fraction of sp³-hybridized carbons (Fsp3) is 0.545. The zero-order chi connectivity index (χ0) is 20.9. The van der Waals surface area contributed by atoms with E-state index in [1.807, 2.05) is 24.3 Å². The number of rotatable bonds is 6. The molecule has 2 amide bonds. The predicted octanol–water partition coefficient (Wildman–Crippen LogP) is 2.49. The normalized spacial score (nSPS) is 20.8. The van der Waals surface area contributed by atoms with Gasteiger partial charge in [-0.2, -0.15) is 5.26 Å². The molecule has 1 heterocycles. The molecule has 1 aliphatic heterocycles. The van der Waals surface area contributed by atoms with Gasteiger partial charge in [0.1, 0.15) is 5.54 Å². The summed E-state index contributed by atoms with van der Waals surface area (Å²) in [6.45, 7) is 1.87.